The molecule has 3 N–H and O–H groups in total. The molecule has 0 aromatic carbocycles. The minimum Gasteiger partial charge on any atom is -0.367 e. The first kappa shape index (κ1) is 23.2. The lowest BCUT2D eigenvalue weighted by Gasteiger charge is -2.34. The molecule has 1 saturated heterocycles. The lowest BCUT2D eigenvalue weighted by atomic mass is 10.1. The summed E-state index contributed by atoms with van der Waals surface area (Å²) < 4.78 is 0. The molecule has 0 bridgehead atoms. The molecule has 37 heavy (non-hydrogen) atoms. The molecule has 6 heterocycles. The number of piperazine rings is 1. The van der Waals surface area contributed by atoms with Crippen LogP contribution in [-0.2, 0) is 0 Å². The molecule has 0 radical (unpaired) electrons. The summed E-state index contributed by atoms with van der Waals surface area (Å²) >= 11 is 0. The second-order valence-electron chi connectivity index (χ2n) is 10.1. The highest BCUT2D eigenvalue weighted by Crippen LogP contribution is 2.34. The lowest BCUT2D eigenvalue weighted by molar-refractivity contribution is 0.313. The Kier molecular flexibility index (Phi) is 5.84. The highest BCUT2D eigenvalue weighted by molar-refractivity contribution is 5.99. The minimum absolute atomic E-state index is 0.332. The van der Waals surface area contributed by atoms with Gasteiger partial charge in [0.15, 0.2) is 5.65 Å². The van der Waals surface area contributed by atoms with Crippen molar-refractivity contribution in [3.8, 4) is 22.5 Å². The van der Waals surface area contributed by atoms with Gasteiger partial charge in [-0.05, 0) is 31.2 Å². The van der Waals surface area contributed by atoms with Crippen LogP contribution in [0.2, 0.25) is 0 Å². The van der Waals surface area contributed by atoms with Gasteiger partial charge in [-0.25, -0.2) is 4.98 Å². The predicted molar refractivity (Wildman–Crippen MR) is 150 cm³/mol. The summed E-state index contributed by atoms with van der Waals surface area (Å²) in [4.78, 5) is 21.9. The zero-order valence-electron chi connectivity index (χ0n) is 21.4. The van der Waals surface area contributed by atoms with Gasteiger partial charge in [-0.2, -0.15) is 5.10 Å². The summed E-state index contributed by atoms with van der Waals surface area (Å²) in [6.45, 7) is 12.4. The number of likely N-dealkylation sites (N-methyl/N-ethyl adjacent to an activating group) is 1. The number of aromatic amines is 2. The van der Waals surface area contributed by atoms with E-state index in [9.17, 15) is 0 Å². The third-order valence-electron chi connectivity index (χ3n) is 7.12. The van der Waals surface area contributed by atoms with Gasteiger partial charge in [0, 0.05) is 66.2 Å². The van der Waals surface area contributed by atoms with Crippen molar-refractivity contribution < 1.29 is 0 Å². The number of hydrogen-bond acceptors (Lipinski definition) is 7. The van der Waals surface area contributed by atoms with E-state index in [1.165, 1.54) is 0 Å². The van der Waals surface area contributed by atoms with E-state index in [4.69, 9.17) is 0 Å². The molecular weight excluding hydrogens is 462 g/mol. The summed E-state index contributed by atoms with van der Waals surface area (Å²) in [6, 6.07) is 6.37. The molecule has 1 fully saturated rings. The molecule has 0 unspecified atom stereocenters. The number of aromatic nitrogens is 6. The maximum Gasteiger partial charge on any atom is 0.181 e. The number of allylic oxidation sites excluding steroid dienone is 1. The van der Waals surface area contributed by atoms with Gasteiger partial charge in [0.2, 0.25) is 0 Å². The Balaban J connectivity index is 1.36. The molecule has 1 aliphatic rings. The number of rotatable bonds is 6. The third kappa shape index (κ3) is 4.42. The van der Waals surface area contributed by atoms with Crippen LogP contribution in [0.1, 0.15) is 13.8 Å². The molecule has 0 saturated carbocycles. The number of fused-ring (bicyclic) bond motifs is 2. The van der Waals surface area contributed by atoms with Gasteiger partial charge in [0.25, 0.3) is 0 Å². The molecule has 0 amide bonds. The van der Waals surface area contributed by atoms with Gasteiger partial charge >= 0.3 is 0 Å². The van der Waals surface area contributed by atoms with Gasteiger partial charge in [-0.3, -0.25) is 15.1 Å². The Morgan fingerprint density at radius 3 is 2.54 bits per heavy atom. The van der Waals surface area contributed by atoms with E-state index in [2.05, 4.69) is 90.9 Å². The van der Waals surface area contributed by atoms with Crippen molar-refractivity contribution in [2.24, 2.45) is 5.92 Å². The number of pyridine rings is 3. The summed E-state index contributed by atoms with van der Waals surface area (Å²) in [5, 5.41) is 13.1. The highest BCUT2D eigenvalue weighted by Gasteiger charge is 2.19. The van der Waals surface area contributed by atoms with E-state index in [0.717, 1.165) is 82.1 Å². The molecule has 1 aliphatic heterocycles. The van der Waals surface area contributed by atoms with Crippen molar-refractivity contribution in [1.82, 2.24) is 35.0 Å². The number of anilines is 2. The zero-order chi connectivity index (χ0) is 25.5. The Morgan fingerprint density at radius 1 is 0.946 bits per heavy atom. The Morgan fingerprint density at radius 2 is 1.73 bits per heavy atom. The van der Waals surface area contributed by atoms with E-state index < -0.39 is 0 Å². The SMILES string of the molecule is C=C(Nc1cncc(-c2cnc3n[nH]c(-c4cc5c(N6CCN(C)CC6)cncc5[nH]4)c3c2)c1)C(C)C. The fourth-order valence-corrected chi connectivity index (χ4v) is 4.73. The standard InChI is InChI=1S/C28H31N9/c1-17(2)18(3)32-21-9-19(12-29-14-21)20-10-23-27(34-35-28(23)31-13-20)24-11-22-25(33-24)15-30-16-26(22)37-7-5-36(4)6-8-37/h9-17,32-33H,3,5-8H2,1-2,4H3,(H,31,34,35). The van der Waals surface area contributed by atoms with Crippen molar-refractivity contribution >= 4 is 33.3 Å². The summed E-state index contributed by atoms with van der Waals surface area (Å²) in [7, 11) is 2.17. The molecule has 0 aliphatic carbocycles. The molecule has 9 heteroatoms. The van der Waals surface area contributed by atoms with Crippen LogP contribution in [0.15, 0.2) is 61.5 Å². The zero-order valence-corrected chi connectivity index (χ0v) is 21.4. The number of H-pyrrole nitrogens is 2. The smallest absolute Gasteiger partial charge is 0.181 e. The Bertz CT molecular complexity index is 1590. The quantitative estimate of drug-likeness (QED) is 0.309. The largest absolute Gasteiger partial charge is 0.367 e. The van der Waals surface area contributed by atoms with Gasteiger partial charge < -0.3 is 20.1 Å². The number of nitrogens with one attached hydrogen (secondary N) is 3. The van der Waals surface area contributed by atoms with Crippen LogP contribution in [0.25, 0.3) is 44.5 Å². The molecule has 6 rings (SSSR count). The average molecular weight is 494 g/mol. The predicted octanol–water partition coefficient (Wildman–Crippen LogP) is 4.90. The third-order valence-corrected chi connectivity index (χ3v) is 7.12. The summed E-state index contributed by atoms with van der Waals surface area (Å²) in [5.74, 6) is 0.332. The maximum atomic E-state index is 4.63. The molecule has 5 aromatic heterocycles. The van der Waals surface area contributed by atoms with Crippen LogP contribution in [0.4, 0.5) is 11.4 Å². The van der Waals surface area contributed by atoms with Crippen molar-refractivity contribution in [1.29, 1.82) is 0 Å². The molecule has 9 nitrogen and oxygen atoms in total. The van der Waals surface area contributed by atoms with Crippen molar-refractivity contribution in [2.45, 2.75) is 13.8 Å². The van der Waals surface area contributed by atoms with Crippen LogP contribution in [-0.4, -0.2) is 68.3 Å². The minimum atomic E-state index is 0.332. The molecule has 0 spiro atoms. The van der Waals surface area contributed by atoms with E-state index >= 15 is 0 Å². The number of nitrogens with zero attached hydrogens (tertiary/aromatic N) is 6. The first-order valence-electron chi connectivity index (χ1n) is 12.6. The van der Waals surface area contributed by atoms with Gasteiger partial charge in [0.1, 0.15) is 0 Å². The monoisotopic (exact) mass is 493 g/mol. The number of hydrogen-bond donors (Lipinski definition) is 3. The van der Waals surface area contributed by atoms with E-state index in [1.54, 1.807) is 0 Å². The Labute approximate surface area is 215 Å². The second-order valence-corrected chi connectivity index (χ2v) is 10.1. The normalized spacial score (nSPS) is 14.6. The lowest BCUT2D eigenvalue weighted by Crippen LogP contribution is -2.44. The van der Waals surface area contributed by atoms with Crippen molar-refractivity contribution in [2.75, 3.05) is 43.4 Å². The van der Waals surface area contributed by atoms with Crippen LogP contribution >= 0.6 is 0 Å². The van der Waals surface area contributed by atoms with E-state index in [0.29, 0.717) is 11.6 Å². The van der Waals surface area contributed by atoms with E-state index in [-0.39, 0.29) is 0 Å². The Hall–Kier alpha value is -4.24. The van der Waals surface area contributed by atoms with Gasteiger partial charge in [0.05, 0.1) is 46.9 Å². The average Bonchev–Trinajstić information content (AvgIpc) is 3.53. The maximum absolute atomic E-state index is 4.63. The first-order chi connectivity index (χ1) is 18.0. The first-order valence-corrected chi connectivity index (χ1v) is 12.6. The van der Waals surface area contributed by atoms with Crippen molar-refractivity contribution in [3.63, 3.8) is 0 Å². The van der Waals surface area contributed by atoms with Crippen molar-refractivity contribution in [3.05, 3.63) is 61.5 Å². The van der Waals surface area contributed by atoms with Crippen LogP contribution in [0.5, 0.6) is 0 Å². The van der Waals surface area contributed by atoms with Gasteiger partial charge in [-0.1, -0.05) is 20.4 Å². The highest BCUT2D eigenvalue weighted by atomic mass is 15.3. The fourth-order valence-electron chi connectivity index (χ4n) is 4.73. The summed E-state index contributed by atoms with van der Waals surface area (Å²) in [6.07, 6.45) is 9.35. The molecule has 0 atom stereocenters. The molecular formula is C28H31N9. The van der Waals surface area contributed by atoms with Crippen LogP contribution in [0, 0.1) is 5.92 Å². The van der Waals surface area contributed by atoms with Gasteiger partial charge in [-0.15, -0.1) is 0 Å². The van der Waals surface area contributed by atoms with Crippen LogP contribution < -0.4 is 10.2 Å². The molecule has 188 valence electrons. The van der Waals surface area contributed by atoms with Crippen LogP contribution in [0.3, 0.4) is 0 Å². The topological polar surface area (TPSA) is 102 Å². The second kappa shape index (κ2) is 9.33. The van der Waals surface area contributed by atoms with E-state index in [1.807, 2.05) is 31.0 Å². The fraction of sp³-hybridized carbons (Fsp3) is 0.286. The summed E-state index contributed by atoms with van der Waals surface area (Å²) in [5.41, 5.74) is 8.50. The molecule has 5 aromatic rings.